The van der Waals surface area contributed by atoms with Gasteiger partial charge in [0.05, 0.1) is 5.60 Å². The molecule has 0 aliphatic carbocycles. The monoisotopic (exact) mass is 339 g/mol. The van der Waals surface area contributed by atoms with Crippen LogP contribution in [0.1, 0.15) is 53.0 Å². The fraction of sp³-hybridized carbons (Fsp3) is 0.611. The number of likely N-dealkylation sites (tertiary alicyclic amines) is 1. The molecular formula is C18H26ClNO3. The van der Waals surface area contributed by atoms with Gasteiger partial charge in [-0.15, -0.1) is 0 Å². The van der Waals surface area contributed by atoms with Crippen LogP contribution >= 0.6 is 11.6 Å². The van der Waals surface area contributed by atoms with Crippen molar-refractivity contribution in [2.24, 2.45) is 0 Å². The first-order valence-electron chi connectivity index (χ1n) is 8.01. The van der Waals surface area contributed by atoms with E-state index in [4.69, 9.17) is 16.3 Å². The zero-order chi connectivity index (χ0) is 17.4. The van der Waals surface area contributed by atoms with Crippen molar-refractivity contribution >= 4 is 17.7 Å². The molecule has 23 heavy (non-hydrogen) atoms. The number of nitrogens with zero attached hydrogens (tertiary/aromatic N) is 1. The molecule has 1 heterocycles. The van der Waals surface area contributed by atoms with E-state index in [1.54, 1.807) is 17.0 Å². The smallest absolute Gasteiger partial charge is 0.410 e. The predicted octanol–water partition coefficient (Wildman–Crippen LogP) is 4.34. The van der Waals surface area contributed by atoms with Crippen molar-refractivity contribution in [3.63, 3.8) is 0 Å². The first-order chi connectivity index (χ1) is 10.5. The van der Waals surface area contributed by atoms with Gasteiger partial charge in [-0.05, 0) is 52.3 Å². The summed E-state index contributed by atoms with van der Waals surface area (Å²) in [5, 5.41) is 11.7. The largest absolute Gasteiger partial charge is 0.444 e. The molecule has 1 fully saturated rings. The molecule has 4 nitrogen and oxygen atoms in total. The third-order valence-corrected chi connectivity index (χ3v) is 4.45. The number of piperidine rings is 1. The van der Waals surface area contributed by atoms with Crippen LogP contribution < -0.4 is 0 Å². The maximum absolute atomic E-state index is 12.4. The molecule has 0 radical (unpaired) electrons. The number of ether oxygens (including phenoxy) is 1. The second kappa shape index (κ2) is 6.33. The molecule has 1 aliphatic rings. The number of carbonyl (C=O) groups is 1. The summed E-state index contributed by atoms with van der Waals surface area (Å²) in [6.07, 6.45) is 0.617. The van der Waals surface area contributed by atoms with Crippen LogP contribution in [0.3, 0.4) is 0 Å². The van der Waals surface area contributed by atoms with Gasteiger partial charge in [-0.3, -0.25) is 0 Å². The molecule has 1 aliphatic heterocycles. The molecule has 2 unspecified atom stereocenters. The standard InChI is InChI=1S/C18H26ClNO3/c1-12-10-18(22,14-6-8-15(19)9-7-14)11-13(2)20(12)16(21)23-17(3,4)5/h6-9,12-13,22H,10-11H2,1-5H3. The van der Waals surface area contributed by atoms with Gasteiger partial charge in [0.15, 0.2) is 0 Å². The Kier molecular flexibility index (Phi) is 4.97. The maximum atomic E-state index is 12.4. The molecule has 1 aromatic carbocycles. The number of aliphatic hydroxyl groups is 1. The van der Waals surface area contributed by atoms with Crippen LogP contribution in [0.25, 0.3) is 0 Å². The Labute approximate surface area is 143 Å². The van der Waals surface area contributed by atoms with Gasteiger partial charge in [-0.1, -0.05) is 23.7 Å². The van der Waals surface area contributed by atoms with E-state index in [0.29, 0.717) is 17.9 Å². The lowest BCUT2D eigenvalue weighted by molar-refractivity contribution is -0.0747. The van der Waals surface area contributed by atoms with Gasteiger partial charge < -0.3 is 14.7 Å². The molecule has 2 atom stereocenters. The molecule has 0 spiro atoms. The number of amides is 1. The summed E-state index contributed by atoms with van der Waals surface area (Å²) >= 11 is 5.93. The summed E-state index contributed by atoms with van der Waals surface area (Å²) < 4.78 is 5.50. The molecule has 0 saturated carbocycles. The van der Waals surface area contributed by atoms with E-state index in [0.717, 1.165) is 5.56 Å². The molecule has 1 N–H and O–H groups in total. The van der Waals surface area contributed by atoms with Crippen LogP contribution in [0, 0.1) is 0 Å². The quantitative estimate of drug-likeness (QED) is 0.828. The molecule has 1 amide bonds. The first-order valence-corrected chi connectivity index (χ1v) is 8.39. The lowest BCUT2D eigenvalue weighted by atomic mass is 9.78. The molecule has 128 valence electrons. The average molecular weight is 340 g/mol. The highest BCUT2D eigenvalue weighted by Crippen LogP contribution is 2.39. The summed E-state index contributed by atoms with van der Waals surface area (Å²) in [5.74, 6) is 0. The minimum Gasteiger partial charge on any atom is -0.444 e. The van der Waals surface area contributed by atoms with Crippen molar-refractivity contribution in [3.05, 3.63) is 34.9 Å². The van der Waals surface area contributed by atoms with Crippen LogP contribution in [0.4, 0.5) is 4.79 Å². The van der Waals surface area contributed by atoms with Crippen LogP contribution in [0.15, 0.2) is 24.3 Å². The van der Waals surface area contributed by atoms with Crippen LogP contribution in [0.2, 0.25) is 5.02 Å². The molecule has 0 bridgehead atoms. The highest BCUT2D eigenvalue weighted by molar-refractivity contribution is 6.30. The zero-order valence-electron chi connectivity index (χ0n) is 14.5. The van der Waals surface area contributed by atoms with Crippen LogP contribution in [-0.4, -0.2) is 33.8 Å². The van der Waals surface area contributed by atoms with Gasteiger partial charge in [0.1, 0.15) is 5.60 Å². The molecule has 1 saturated heterocycles. The van der Waals surface area contributed by atoms with Gasteiger partial charge in [-0.25, -0.2) is 4.79 Å². The Morgan fingerprint density at radius 1 is 1.22 bits per heavy atom. The second-order valence-electron chi connectivity index (χ2n) is 7.53. The summed E-state index contributed by atoms with van der Waals surface area (Å²) in [5.41, 5.74) is -0.646. The van der Waals surface area contributed by atoms with Gasteiger partial charge >= 0.3 is 6.09 Å². The number of hydrogen-bond donors (Lipinski definition) is 1. The van der Waals surface area contributed by atoms with Gasteiger partial charge in [0.25, 0.3) is 0 Å². The minimum atomic E-state index is -0.956. The topological polar surface area (TPSA) is 49.8 Å². The van der Waals surface area contributed by atoms with Crippen LogP contribution in [0.5, 0.6) is 0 Å². The van der Waals surface area contributed by atoms with Gasteiger partial charge in [0, 0.05) is 29.9 Å². The third kappa shape index (κ3) is 4.18. The number of halogens is 1. The Morgan fingerprint density at radius 2 is 1.70 bits per heavy atom. The molecule has 5 heteroatoms. The predicted molar refractivity (Wildman–Crippen MR) is 91.6 cm³/mol. The van der Waals surface area contributed by atoms with Crippen molar-refractivity contribution < 1.29 is 14.6 Å². The third-order valence-electron chi connectivity index (χ3n) is 4.20. The van der Waals surface area contributed by atoms with Crippen LogP contribution in [-0.2, 0) is 10.3 Å². The summed E-state index contributed by atoms with van der Waals surface area (Å²) in [6.45, 7) is 9.46. The number of carbonyl (C=O) groups excluding carboxylic acids is 1. The lowest BCUT2D eigenvalue weighted by Gasteiger charge is -2.47. The average Bonchev–Trinajstić information content (AvgIpc) is 2.35. The minimum absolute atomic E-state index is 0.116. The number of hydrogen-bond acceptors (Lipinski definition) is 3. The Hall–Kier alpha value is -1.26. The highest BCUT2D eigenvalue weighted by Gasteiger charge is 2.44. The van der Waals surface area contributed by atoms with E-state index < -0.39 is 11.2 Å². The SMILES string of the molecule is CC1CC(O)(c2ccc(Cl)cc2)CC(C)N1C(=O)OC(C)(C)C. The van der Waals surface area contributed by atoms with E-state index >= 15 is 0 Å². The van der Waals surface area contributed by atoms with Crippen molar-refractivity contribution in [2.75, 3.05) is 0 Å². The molecule has 2 rings (SSSR count). The van der Waals surface area contributed by atoms with E-state index in [9.17, 15) is 9.90 Å². The fourth-order valence-corrected chi connectivity index (χ4v) is 3.49. The summed E-state index contributed by atoms with van der Waals surface area (Å²) in [6, 6.07) is 7.04. The van der Waals surface area contributed by atoms with Crippen molar-refractivity contribution in [1.82, 2.24) is 4.90 Å². The molecule has 0 aromatic heterocycles. The second-order valence-corrected chi connectivity index (χ2v) is 7.97. The van der Waals surface area contributed by atoms with Crippen molar-refractivity contribution in [1.29, 1.82) is 0 Å². The summed E-state index contributed by atoms with van der Waals surface area (Å²) in [7, 11) is 0. The van der Waals surface area contributed by atoms with Crippen molar-refractivity contribution in [2.45, 2.75) is 70.7 Å². The van der Waals surface area contributed by atoms with E-state index in [1.807, 2.05) is 46.8 Å². The lowest BCUT2D eigenvalue weighted by Crippen LogP contribution is -2.55. The highest BCUT2D eigenvalue weighted by atomic mass is 35.5. The van der Waals surface area contributed by atoms with E-state index in [1.165, 1.54) is 0 Å². The Bertz CT molecular complexity index is 553. The Morgan fingerprint density at radius 3 is 2.13 bits per heavy atom. The van der Waals surface area contributed by atoms with E-state index in [2.05, 4.69) is 0 Å². The van der Waals surface area contributed by atoms with E-state index in [-0.39, 0.29) is 18.2 Å². The van der Waals surface area contributed by atoms with Crippen molar-refractivity contribution in [3.8, 4) is 0 Å². The van der Waals surface area contributed by atoms with Gasteiger partial charge in [0.2, 0.25) is 0 Å². The zero-order valence-corrected chi connectivity index (χ0v) is 15.2. The maximum Gasteiger partial charge on any atom is 0.410 e. The fourth-order valence-electron chi connectivity index (χ4n) is 3.36. The number of benzene rings is 1. The first kappa shape index (κ1) is 18.1. The normalized spacial score (nSPS) is 28.6. The summed E-state index contributed by atoms with van der Waals surface area (Å²) in [4.78, 5) is 14.2. The molecule has 1 aromatic rings. The molecular weight excluding hydrogens is 314 g/mol. The van der Waals surface area contributed by atoms with Gasteiger partial charge in [-0.2, -0.15) is 0 Å². The Balaban J connectivity index is 2.18. The number of rotatable bonds is 1.